The van der Waals surface area contributed by atoms with E-state index in [2.05, 4.69) is 10.3 Å². The molecule has 2 aromatic rings. The minimum absolute atomic E-state index is 0.0201. The van der Waals surface area contributed by atoms with Crippen LogP contribution < -0.4 is 10.9 Å². The fourth-order valence-electron chi connectivity index (χ4n) is 2.03. The minimum atomic E-state index is 0.0201. The van der Waals surface area contributed by atoms with E-state index in [0.717, 1.165) is 38.2 Å². The first-order valence-electron chi connectivity index (χ1n) is 7.05. The molecule has 0 saturated carbocycles. The van der Waals surface area contributed by atoms with Crippen LogP contribution in [0.5, 0.6) is 0 Å². The summed E-state index contributed by atoms with van der Waals surface area (Å²) in [5.41, 5.74) is 0.769. The summed E-state index contributed by atoms with van der Waals surface area (Å²) in [5, 5.41) is 3.97. The van der Waals surface area contributed by atoms with Gasteiger partial charge in [-0.2, -0.15) is 0 Å². The Morgan fingerprint density at radius 2 is 2.15 bits per heavy atom. The molecule has 1 aromatic carbocycles. The van der Waals surface area contributed by atoms with Crippen molar-refractivity contribution in [2.75, 3.05) is 26.3 Å². The normalized spacial score (nSPS) is 11.1. The predicted octanol–water partition coefficient (Wildman–Crippen LogP) is 1.41. The summed E-state index contributed by atoms with van der Waals surface area (Å²) < 4.78 is 6.91. The smallest absolute Gasteiger partial charge is 0.261 e. The molecule has 0 saturated heterocycles. The van der Waals surface area contributed by atoms with E-state index in [1.165, 1.54) is 0 Å². The van der Waals surface area contributed by atoms with Crippen LogP contribution in [-0.4, -0.2) is 35.9 Å². The lowest BCUT2D eigenvalue weighted by atomic mass is 10.2. The van der Waals surface area contributed by atoms with Crippen molar-refractivity contribution in [3.63, 3.8) is 0 Å². The number of ether oxygens (including phenoxy) is 1. The van der Waals surface area contributed by atoms with E-state index >= 15 is 0 Å². The maximum Gasteiger partial charge on any atom is 0.261 e. The third-order valence-corrected chi connectivity index (χ3v) is 3.11. The largest absolute Gasteiger partial charge is 0.382 e. The Balaban J connectivity index is 1.84. The molecule has 0 aliphatic rings. The van der Waals surface area contributed by atoms with Crippen LogP contribution in [0.1, 0.15) is 13.3 Å². The van der Waals surface area contributed by atoms with Crippen LogP contribution in [0.2, 0.25) is 0 Å². The molecule has 0 aliphatic heterocycles. The highest BCUT2D eigenvalue weighted by atomic mass is 16.5. The third kappa shape index (κ3) is 3.88. The van der Waals surface area contributed by atoms with E-state index in [1.54, 1.807) is 10.9 Å². The SMILES string of the molecule is CCOCCCNCCn1cnc2ccccc2c1=O. The lowest BCUT2D eigenvalue weighted by Gasteiger charge is -2.08. The molecule has 1 N–H and O–H groups in total. The van der Waals surface area contributed by atoms with Gasteiger partial charge in [-0.25, -0.2) is 4.98 Å². The highest BCUT2D eigenvalue weighted by Crippen LogP contribution is 2.04. The molecule has 0 amide bonds. The number of aromatic nitrogens is 2. The van der Waals surface area contributed by atoms with Gasteiger partial charge in [-0.15, -0.1) is 0 Å². The van der Waals surface area contributed by atoms with Crippen molar-refractivity contribution in [2.24, 2.45) is 0 Å². The summed E-state index contributed by atoms with van der Waals surface area (Å²) in [6.07, 6.45) is 2.60. The average Bonchev–Trinajstić information content (AvgIpc) is 2.49. The van der Waals surface area contributed by atoms with Gasteiger partial charge in [0.1, 0.15) is 0 Å². The van der Waals surface area contributed by atoms with Gasteiger partial charge in [0.05, 0.1) is 17.2 Å². The van der Waals surface area contributed by atoms with Crippen molar-refractivity contribution in [3.05, 3.63) is 40.9 Å². The molecule has 5 heteroatoms. The zero-order valence-corrected chi connectivity index (χ0v) is 11.8. The van der Waals surface area contributed by atoms with Gasteiger partial charge in [-0.1, -0.05) is 12.1 Å². The van der Waals surface area contributed by atoms with Crippen LogP contribution in [0.25, 0.3) is 10.9 Å². The zero-order valence-electron chi connectivity index (χ0n) is 11.8. The van der Waals surface area contributed by atoms with Gasteiger partial charge < -0.3 is 10.1 Å². The Kier molecular flexibility index (Phi) is 5.70. The Bertz CT molecular complexity index is 595. The summed E-state index contributed by atoms with van der Waals surface area (Å²) in [7, 11) is 0. The molecule has 0 radical (unpaired) electrons. The Labute approximate surface area is 118 Å². The van der Waals surface area contributed by atoms with Crippen molar-refractivity contribution in [1.29, 1.82) is 0 Å². The number of hydrogen-bond acceptors (Lipinski definition) is 4. The quantitative estimate of drug-likeness (QED) is 0.740. The number of hydrogen-bond donors (Lipinski definition) is 1. The van der Waals surface area contributed by atoms with Crippen LogP contribution in [0.3, 0.4) is 0 Å². The van der Waals surface area contributed by atoms with Crippen LogP contribution in [0.4, 0.5) is 0 Å². The lowest BCUT2D eigenvalue weighted by molar-refractivity contribution is 0.145. The number of rotatable bonds is 8. The molecule has 0 spiro atoms. The van der Waals surface area contributed by atoms with E-state index < -0.39 is 0 Å². The van der Waals surface area contributed by atoms with Crippen molar-refractivity contribution in [2.45, 2.75) is 19.9 Å². The van der Waals surface area contributed by atoms with Gasteiger partial charge >= 0.3 is 0 Å². The van der Waals surface area contributed by atoms with Crippen LogP contribution >= 0.6 is 0 Å². The van der Waals surface area contributed by atoms with Gasteiger partial charge in [0.2, 0.25) is 0 Å². The number of fused-ring (bicyclic) bond motifs is 1. The minimum Gasteiger partial charge on any atom is -0.382 e. The van der Waals surface area contributed by atoms with Crippen molar-refractivity contribution in [1.82, 2.24) is 14.9 Å². The third-order valence-electron chi connectivity index (χ3n) is 3.11. The van der Waals surface area contributed by atoms with Crippen molar-refractivity contribution < 1.29 is 4.74 Å². The Hall–Kier alpha value is -1.72. The molecule has 0 fully saturated rings. The molecule has 2 rings (SSSR count). The summed E-state index contributed by atoms with van der Waals surface area (Å²) in [5.74, 6) is 0. The molecule has 20 heavy (non-hydrogen) atoms. The van der Waals surface area contributed by atoms with Crippen LogP contribution in [0.15, 0.2) is 35.4 Å². The number of benzene rings is 1. The number of nitrogens with one attached hydrogen (secondary N) is 1. The maximum absolute atomic E-state index is 12.2. The molecular weight excluding hydrogens is 254 g/mol. The van der Waals surface area contributed by atoms with Crippen molar-refractivity contribution >= 4 is 10.9 Å². The average molecular weight is 275 g/mol. The first-order chi connectivity index (χ1) is 9.83. The van der Waals surface area contributed by atoms with E-state index in [-0.39, 0.29) is 5.56 Å². The summed E-state index contributed by atoms with van der Waals surface area (Å²) >= 11 is 0. The predicted molar refractivity (Wildman–Crippen MR) is 80.0 cm³/mol. The van der Waals surface area contributed by atoms with Gasteiger partial charge in [0.15, 0.2) is 0 Å². The molecule has 0 bridgehead atoms. The molecule has 1 heterocycles. The molecule has 0 unspecified atom stereocenters. The van der Waals surface area contributed by atoms with Crippen molar-refractivity contribution in [3.8, 4) is 0 Å². The molecule has 1 aromatic heterocycles. The van der Waals surface area contributed by atoms with E-state index in [0.29, 0.717) is 11.9 Å². The second kappa shape index (κ2) is 7.77. The summed E-state index contributed by atoms with van der Waals surface area (Å²) in [6, 6.07) is 7.42. The van der Waals surface area contributed by atoms with Crippen LogP contribution in [-0.2, 0) is 11.3 Å². The fraction of sp³-hybridized carbons (Fsp3) is 0.467. The highest BCUT2D eigenvalue weighted by Gasteiger charge is 2.02. The Morgan fingerprint density at radius 3 is 3.00 bits per heavy atom. The van der Waals surface area contributed by atoms with Gasteiger partial charge in [0, 0.05) is 26.3 Å². The van der Waals surface area contributed by atoms with E-state index in [9.17, 15) is 4.79 Å². The summed E-state index contributed by atoms with van der Waals surface area (Å²) in [4.78, 5) is 16.5. The maximum atomic E-state index is 12.2. The van der Waals surface area contributed by atoms with Gasteiger partial charge in [0.25, 0.3) is 5.56 Å². The topological polar surface area (TPSA) is 56.1 Å². The number of nitrogens with zero attached hydrogens (tertiary/aromatic N) is 2. The van der Waals surface area contributed by atoms with Crippen LogP contribution in [0, 0.1) is 0 Å². The monoisotopic (exact) mass is 275 g/mol. The standard InChI is InChI=1S/C15H21N3O2/c1-2-20-11-5-8-16-9-10-18-12-17-14-7-4-3-6-13(14)15(18)19/h3-4,6-7,12,16H,2,5,8-11H2,1H3. The molecule has 0 aliphatic carbocycles. The Morgan fingerprint density at radius 1 is 1.30 bits per heavy atom. The second-order valence-electron chi connectivity index (χ2n) is 4.56. The van der Waals surface area contributed by atoms with Gasteiger partial charge in [-0.3, -0.25) is 9.36 Å². The zero-order chi connectivity index (χ0) is 14.2. The first kappa shape index (κ1) is 14.7. The molecular formula is C15H21N3O2. The molecule has 0 atom stereocenters. The number of para-hydroxylation sites is 1. The van der Waals surface area contributed by atoms with E-state index in [4.69, 9.17) is 4.74 Å². The molecule has 5 nitrogen and oxygen atoms in total. The first-order valence-corrected chi connectivity index (χ1v) is 7.05. The highest BCUT2D eigenvalue weighted by molar-refractivity contribution is 5.76. The fourth-order valence-corrected chi connectivity index (χ4v) is 2.03. The van der Waals surface area contributed by atoms with Gasteiger partial charge in [-0.05, 0) is 32.0 Å². The molecule has 108 valence electrons. The second-order valence-corrected chi connectivity index (χ2v) is 4.56. The summed E-state index contributed by atoms with van der Waals surface area (Å²) in [6.45, 7) is 5.82. The van der Waals surface area contributed by atoms with E-state index in [1.807, 2.05) is 31.2 Å². The lowest BCUT2D eigenvalue weighted by Crippen LogP contribution is -2.28.